The molecule has 9 nitrogen and oxygen atoms in total. The number of methoxy groups -OCH3 is 1. The highest BCUT2D eigenvalue weighted by molar-refractivity contribution is 7.13. The molecule has 1 fully saturated rings. The number of unbranched alkanes of at least 4 members (excludes halogenated alkanes) is 2. The van der Waals surface area contributed by atoms with E-state index in [4.69, 9.17) is 35.8 Å². The van der Waals surface area contributed by atoms with Gasteiger partial charge in [0.2, 0.25) is 5.91 Å². The Morgan fingerprint density at radius 1 is 1.23 bits per heavy atom. The summed E-state index contributed by atoms with van der Waals surface area (Å²) in [4.78, 5) is 39.8. The van der Waals surface area contributed by atoms with Gasteiger partial charge in [0.05, 0.1) is 24.9 Å². The lowest BCUT2D eigenvalue weighted by Crippen LogP contribution is -2.48. The maximum Gasteiger partial charge on any atom is 0.411 e. The first-order valence-electron chi connectivity index (χ1n) is 15.0. The minimum absolute atomic E-state index is 0.141. The molecule has 0 N–H and O–H groups in total. The lowest BCUT2D eigenvalue weighted by atomic mass is 10.1. The number of benzene rings is 1. The predicted molar refractivity (Wildman–Crippen MR) is 176 cm³/mol. The Bertz CT molecular complexity index is 1500. The van der Waals surface area contributed by atoms with Crippen molar-refractivity contribution in [1.82, 2.24) is 19.8 Å². The summed E-state index contributed by atoms with van der Waals surface area (Å²) in [5, 5.41) is 3.83. The smallest absolute Gasteiger partial charge is 0.411 e. The van der Waals surface area contributed by atoms with Crippen molar-refractivity contribution in [3.63, 3.8) is 0 Å². The van der Waals surface area contributed by atoms with Crippen LogP contribution in [0.3, 0.4) is 0 Å². The van der Waals surface area contributed by atoms with Crippen LogP contribution in [0.5, 0.6) is 11.5 Å². The monoisotopic (exact) mass is 642 g/mol. The molecule has 1 aliphatic rings. The maximum atomic E-state index is 13.7. The highest BCUT2D eigenvalue weighted by Crippen LogP contribution is 2.40. The van der Waals surface area contributed by atoms with Crippen molar-refractivity contribution in [2.24, 2.45) is 0 Å². The van der Waals surface area contributed by atoms with Crippen molar-refractivity contribution in [3.8, 4) is 22.2 Å². The largest absolute Gasteiger partial charge is 0.495 e. The van der Waals surface area contributed by atoms with Crippen LogP contribution in [0.2, 0.25) is 5.02 Å². The van der Waals surface area contributed by atoms with Gasteiger partial charge in [-0.15, -0.1) is 17.9 Å². The average Bonchev–Trinajstić information content (AvgIpc) is 3.63. The van der Waals surface area contributed by atoms with E-state index < -0.39 is 23.8 Å². The molecule has 1 saturated heterocycles. The lowest BCUT2D eigenvalue weighted by Gasteiger charge is -2.30. The molecule has 0 radical (unpaired) electrons. The van der Waals surface area contributed by atoms with Crippen LogP contribution >= 0.6 is 22.9 Å². The van der Waals surface area contributed by atoms with Crippen molar-refractivity contribution in [3.05, 3.63) is 47.0 Å². The molecular weight excluding hydrogens is 600 g/mol. The molecule has 2 amide bonds. The van der Waals surface area contributed by atoms with E-state index in [9.17, 15) is 9.59 Å². The third-order valence-electron chi connectivity index (χ3n) is 7.40. The zero-order valence-corrected chi connectivity index (χ0v) is 28.3. The van der Waals surface area contributed by atoms with Gasteiger partial charge in [0.25, 0.3) is 0 Å². The van der Waals surface area contributed by atoms with E-state index in [0.29, 0.717) is 46.1 Å². The van der Waals surface area contributed by atoms with Gasteiger partial charge in [-0.1, -0.05) is 31.5 Å². The van der Waals surface area contributed by atoms with Gasteiger partial charge in [0.15, 0.2) is 0 Å². The Morgan fingerprint density at radius 2 is 1.98 bits per heavy atom. The first-order valence-corrected chi connectivity index (χ1v) is 16.2. The Balaban J connectivity index is 1.68. The molecule has 2 atom stereocenters. The molecular formula is C33H43ClN4O5S. The van der Waals surface area contributed by atoms with E-state index in [0.717, 1.165) is 30.0 Å². The van der Waals surface area contributed by atoms with Gasteiger partial charge in [-0.3, -0.25) is 9.69 Å². The van der Waals surface area contributed by atoms with Crippen LogP contribution in [0.15, 0.2) is 36.2 Å². The number of pyridine rings is 1. The molecule has 2 aromatic heterocycles. The lowest BCUT2D eigenvalue weighted by molar-refractivity contribution is -0.134. The molecule has 1 aromatic carbocycles. The number of amides is 2. The summed E-state index contributed by atoms with van der Waals surface area (Å²) in [7, 11) is 3.33. The first kappa shape index (κ1) is 33.5. The number of ether oxygens (including phenoxy) is 3. The van der Waals surface area contributed by atoms with Crippen LogP contribution in [0, 0.1) is 0 Å². The fourth-order valence-corrected chi connectivity index (χ4v) is 6.29. The van der Waals surface area contributed by atoms with Crippen LogP contribution in [0.1, 0.15) is 71.9 Å². The molecule has 0 spiro atoms. The summed E-state index contributed by atoms with van der Waals surface area (Å²) in [6.07, 6.45) is 3.84. The number of carbonyl (C=O) groups is 2. The van der Waals surface area contributed by atoms with Gasteiger partial charge < -0.3 is 19.1 Å². The number of thiazole rings is 1. The summed E-state index contributed by atoms with van der Waals surface area (Å²) in [5.41, 5.74) is 1.40. The number of nitrogens with zero attached hydrogens (tertiary/aromatic N) is 4. The van der Waals surface area contributed by atoms with Gasteiger partial charge >= 0.3 is 6.09 Å². The molecule has 4 rings (SSSR count). The predicted octanol–water partition coefficient (Wildman–Crippen LogP) is 7.72. The van der Waals surface area contributed by atoms with Crippen LogP contribution in [-0.2, 0) is 9.53 Å². The molecule has 0 aliphatic carbocycles. The average molecular weight is 643 g/mol. The normalized spacial score (nSPS) is 16.8. The number of rotatable bonds is 11. The maximum absolute atomic E-state index is 13.7. The topological polar surface area (TPSA) is 94.1 Å². The van der Waals surface area contributed by atoms with Gasteiger partial charge in [0.1, 0.15) is 45.0 Å². The second-order valence-electron chi connectivity index (χ2n) is 12.4. The van der Waals surface area contributed by atoms with Gasteiger partial charge in [-0.25, -0.2) is 14.8 Å². The second kappa shape index (κ2) is 14.2. The molecule has 44 heavy (non-hydrogen) atoms. The number of fused-ring (bicyclic) bond motifs is 1. The number of carbonyl (C=O) groups excluding carboxylic acids is 2. The van der Waals surface area contributed by atoms with Gasteiger partial charge in [0, 0.05) is 36.8 Å². The third kappa shape index (κ3) is 7.82. The quantitative estimate of drug-likeness (QED) is 0.156. The molecule has 1 aliphatic heterocycles. The molecule has 0 saturated carbocycles. The van der Waals surface area contributed by atoms with Crippen molar-refractivity contribution in [1.29, 1.82) is 0 Å². The second-order valence-corrected chi connectivity index (χ2v) is 13.6. The number of allylic oxidation sites excluding steroid dienone is 1. The van der Waals surface area contributed by atoms with E-state index in [1.54, 1.807) is 25.1 Å². The highest BCUT2D eigenvalue weighted by Gasteiger charge is 2.43. The molecule has 0 bridgehead atoms. The van der Waals surface area contributed by atoms with E-state index in [1.807, 2.05) is 44.4 Å². The summed E-state index contributed by atoms with van der Waals surface area (Å²) >= 11 is 8.25. The molecule has 3 heterocycles. The number of halogens is 1. The van der Waals surface area contributed by atoms with Crippen LogP contribution in [0.25, 0.3) is 21.6 Å². The summed E-state index contributed by atoms with van der Waals surface area (Å²) < 4.78 is 17.8. The standard InChI is InChI=1S/C33H43ClN4O5S/c1-9-10-11-12-15-37(7)31(39)25-16-21(18-38(25)32(40)43-33(4,5)6)42-27-17-23(30-36-24(19-44-30)20(2)3)35-29-22(27)13-14-26(41-8)28(29)34/h9,13-14,17,19-21,25H,1,10-12,15-16,18H2,2-8H3. The Morgan fingerprint density at radius 3 is 2.61 bits per heavy atom. The van der Waals surface area contributed by atoms with Gasteiger partial charge in [-0.05, 0) is 58.1 Å². The zero-order chi connectivity index (χ0) is 32.2. The SMILES string of the molecule is C=CCCCCN(C)C(=O)C1CC(Oc2cc(-c3nc(C(C)C)cs3)nc3c(Cl)c(OC)ccc23)CN1C(=O)OC(C)(C)C. The molecule has 3 aromatic rings. The molecule has 11 heteroatoms. The minimum atomic E-state index is -0.719. The van der Waals surface area contributed by atoms with Crippen LogP contribution in [0.4, 0.5) is 4.79 Å². The van der Waals surface area contributed by atoms with Crippen molar-refractivity contribution < 1.29 is 23.8 Å². The number of likely N-dealkylation sites (N-methyl/N-ethyl adjacent to an activating group) is 1. The van der Waals surface area contributed by atoms with E-state index in [-0.39, 0.29) is 18.4 Å². The molecule has 2 unspecified atom stereocenters. The zero-order valence-electron chi connectivity index (χ0n) is 26.7. The highest BCUT2D eigenvalue weighted by atomic mass is 35.5. The summed E-state index contributed by atoms with van der Waals surface area (Å²) in [6.45, 7) is 14.2. The van der Waals surface area contributed by atoms with E-state index in [2.05, 4.69) is 20.4 Å². The molecule has 238 valence electrons. The summed E-state index contributed by atoms with van der Waals surface area (Å²) in [6, 6.07) is 4.76. The fourth-order valence-electron chi connectivity index (χ4n) is 5.06. The van der Waals surface area contributed by atoms with Crippen molar-refractivity contribution in [2.75, 3.05) is 27.2 Å². The minimum Gasteiger partial charge on any atom is -0.495 e. The third-order valence-corrected chi connectivity index (χ3v) is 8.64. The van der Waals surface area contributed by atoms with E-state index in [1.165, 1.54) is 16.2 Å². The van der Waals surface area contributed by atoms with Crippen LogP contribution in [-0.4, -0.2) is 76.8 Å². The number of hydrogen-bond acceptors (Lipinski definition) is 8. The fraction of sp³-hybridized carbons (Fsp3) is 0.515. The number of hydrogen-bond donors (Lipinski definition) is 0. The van der Waals surface area contributed by atoms with Crippen LogP contribution < -0.4 is 9.47 Å². The van der Waals surface area contributed by atoms with Crippen molar-refractivity contribution in [2.45, 2.75) is 84.0 Å². The summed E-state index contributed by atoms with van der Waals surface area (Å²) in [5.74, 6) is 1.16. The Kier molecular flexibility index (Phi) is 10.8. The first-order chi connectivity index (χ1) is 20.8. The van der Waals surface area contributed by atoms with E-state index >= 15 is 0 Å². The Hall–Kier alpha value is -3.37. The number of likely N-dealkylation sites (tertiary alicyclic amines) is 1. The van der Waals surface area contributed by atoms with Crippen molar-refractivity contribution >= 4 is 45.8 Å². The number of aromatic nitrogens is 2. The van der Waals surface area contributed by atoms with Gasteiger partial charge in [-0.2, -0.15) is 0 Å². The Labute approximate surface area is 269 Å².